The molecule has 0 N–H and O–H groups in total. The molecule has 0 spiro atoms. The lowest BCUT2D eigenvalue weighted by molar-refractivity contribution is -0.135. The summed E-state index contributed by atoms with van der Waals surface area (Å²) in [4.78, 5) is 12.9. The summed E-state index contributed by atoms with van der Waals surface area (Å²) in [6.07, 6.45) is 1.16. The third-order valence-corrected chi connectivity index (χ3v) is 5.55. The number of hydrogen-bond donors (Lipinski definition) is 0. The van der Waals surface area contributed by atoms with Crippen LogP contribution < -0.4 is 4.90 Å². The van der Waals surface area contributed by atoms with Gasteiger partial charge in [0.2, 0.25) is 9.84 Å². The first kappa shape index (κ1) is 16.2. The topological polar surface area (TPSA) is 63.7 Å². The van der Waals surface area contributed by atoms with Gasteiger partial charge in [-0.15, -0.1) is 0 Å². The van der Waals surface area contributed by atoms with Crippen LogP contribution in [0.2, 0.25) is 0 Å². The molecule has 124 valence electrons. The maximum atomic E-state index is 13.9. The molecule has 5 nitrogen and oxygen atoms in total. The molecule has 0 atom stereocenters. The molecule has 0 unspecified atom stereocenters. The lowest BCUT2D eigenvalue weighted by Crippen LogP contribution is -2.26. The van der Waals surface area contributed by atoms with E-state index in [1.54, 1.807) is 37.3 Å². The average molecular weight is 347 g/mol. The van der Waals surface area contributed by atoms with E-state index < -0.39 is 26.5 Å². The highest BCUT2D eigenvalue weighted by Gasteiger charge is 2.36. The van der Waals surface area contributed by atoms with E-state index in [0.29, 0.717) is 16.9 Å². The minimum Gasteiger partial charge on any atom is -0.465 e. The first-order valence-electron chi connectivity index (χ1n) is 7.06. The summed E-state index contributed by atoms with van der Waals surface area (Å²) in [6.45, 7) is 1.63. The summed E-state index contributed by atoms with van der Waals surface area (Å²) in [7, 11) is -2.90. The van der Waals surface area contributed by atoms with Crippen LogP contribution in [0.15, 0.2) is 58.5 Å². The van der Waals surface area contributed by atoms with Crippen LogP contribution in [0.1, 0.15) is 5.56 Å². The van der Waals surface area contributed by atoms with Gasteiger partial charge in [-0.25, -0.2) is 17.6 Å². The summed E-state index contributed by atoms with van der Waals surface area (Å²) in [5.74, 6) is -1.39. The molecule has 0 radical (unpaired) electrons. The van der Waals surface area contributed by atoms with Crippen molar-refractivity contribution in [3.63, 3.8) is 0 Å². The Kier molecular flexibility index (Phi) is 3.88. The maximum absolute atomic E-state index is 13.9. The zero-order valence-corrected chi connectivity index (χ0v) is 13.8. The van der Waals surface area contributed by atoms with Crippen molar-refractivity contribution >= 4 is 27.2 Å². The van der Waals surface area contributed by atoms with Crippen LogP contribution in [0.3, 0.4) is 0 Å². The summed E-state index contributed by atoms with van der Waals surface area (Å²) in [5.41, 5.74) is 1.21. The van der Waals surface area contributed by atoms with Crippen LogP contribution in [0.25, 0.3) is 0 Å². The number of carbonyl (C=O) groups is 1. The quantitative estimate of drug-likeness (QED) is 0.781. The van der Waals surface area contributed by atoms with Crippen LogP contribution >= 0.6 is 0 Å². The smallest absolute Gasteiger partial charge is 0.351 e. The highest BCUT2D eigenvalue weighted by Crippen LogP contribution is 2.39. The number of aryl methyl sites for hydroxylation is 1. The molecule has 3 rings (SSSR count). The third kappa shape index (κ3) is 2.46. The van der Waals surface area contributed by atoms with Gasteiger partial charge >= 0.3 is 5.97 Å². The van der Waals surface area contributed by atoms with Gasteiger partial charge in [-0.1, -0.05) is 18.2 Å². The van der Waals surface area contributed by atoms with Crippen molar-refractivity contribution in [3.8, 4) is 0 Å². The van der Waals surface area contributed by atoms with E-state index in [-0.39, 0.29) is 4.90 Å². The number of rotatable bonds is 2. The predicted molar refractivity (Wildman–Crippen MR) is 87.0 cm³/mol. The number of nitrogens with zero attached hydrogens (tertiary/aromatic N) is 1. The number of hydrogen-bond acceptors (Lipinski definition) is 5. The number of para-hydroxylation sites is 1. The largest absolute Gasteiger partial charge is 0.465 e. The second-order valence-corrected chi connectivity index (χ2v) is 7.15. The van der Waals surface area contributed by atoms with Crippen molar-refractivity contribution in [2.75, 3.05) is 12.0 Å². The summed E-state index contributed by atoms with van der Waals surface area (Å²) in [6, 6.07) is 10.7. The SMILES string of the molecule is COC(=O)C1=CN(c2ccc(C)c(F)c2)c2ccccc2S1(=O)=O. The molecule has 1 aliphatic rings. The molecule has 0 fully saturated rings. The molecule has 2 aromatic carbocycles. The van der Waals surface area contributed by atoms with Gasteiger partial charge in [-0.2, -0.15) is 0 Å². The Hall–Kier alpha value is -2.67. The van der Waals surface area contributed by atoms with Crippen molar-refractivity contribution in [1.29, 1.82) is 0 Å². The molecule has 0 saturated carbocycles. The Morgan fingerprint density at radius 1 is 1.17 bits per heavy atom. The number of carbonyl (C=O) groups excluding carboxylic acids is 1. The molecule has 2 aromatic rings. The first-order valence-corrected chi connectivity index (χ1v) is 8.54. The monoisotopic (exact) mass is 347 g/mol. The van der Waals surface area contributed by atoms with E-state index in [0.717, 1.165) is 13.3 Å². The number of anilines is 2. The fourth-order valence-electron chi connectivity index (χ4n) is 2.47. The standard InChI is InChI=1S/C17H14FNO4S/c1-11-7-8-12(9-13(11)18)19-10-16(17(20)23-2)24(21,22)15-6-4-3-5-14(15)19/h3-10H,1-2H3. The average Bonchev–Trinajstić information content (AvgIpc) is 2.57. The van der Waals surface area contributed by atoms with Gasteiger partial charge < -0.3 is 9.64 Å². The molecular formula is C17H14FNO4S. The highest BCUT2D eigenvalue weighted by molar-refractivity contribution is 7.96. The zero-order chi connectivity index (χ0) is 17.5. The number of fused-ring (bicyclic) bond motifs is 1. The number of sulfone groups is 1. The number of methoxy groups -OCH3 is 1. The van der Waals surface area contributed by atoms with Crippen molar-refractivity contribution in [2.24, 2.45) is 0 Å². The second-order valence-electron chi connectivity index (χ2n) is 5.26. The van der Waals surface area contributed by atoms with Crippen molar-refractivity contribution in [3.05, 3.63) is 65.0 Å². The molecule has 0 amide bonds. The highest BCUT2D eigenvalue weighted by atomic mass is 32.2. The van der Waals surface area contributed by atoms with Crippen molar-refractivity contribution in [2.45, 2.75) is 11.8 Å². The van der Waals surface area contributed by atoms with Crippen LogP contribution in [0, 0.1) is 12.7 Å². The number of esters is 1. The molecule has 0 aromatic heterocycles. The van der Waals surface area contributed by atoms with E-state index >= 15 is 0 Å². The van der Waals surface area contributed by atoms with Crippen LogP contribution in [-0.4, -0.2) is 21.5 Å². The number of benzene rings is 2. The maximum Gasteiger partial charge on any atom is 0.351 e. The van der Waals surface area contributed by atoms with E-state index in [1.807, 2.05) is 0 Å². The normalized spacial score (nSPS) is 15.5. The van der Waals surface area contributed by atoms with Crippen molar-refractivity contribution in [1.82, 2.24) is 0 Å². The van der Waals surface area contributed by atoms with E-state index in [1.165, 1.54) is 17.0 Å². The Balaban J connectivity index is 2.27. The van der Waals surface area contributed by atoms with Gasteiger partial charge in [0, 0.05) is 11.9 Å². The number of ether oxygens (including phenoxy) is 1. The van der Waals surface area contributed by atoms with Gasteiger partial charge in [0.1, 0.15) is 5.82 Å². The summed E-state index contributed by atoms with van der Waals surface area (Å²) >= 11 is 0. The third-order valence-electron chi connectivity index (χ3n) is 3.77. The molecular weight excluding hydrogens is 333 g/mol. The van der Waals surface area contributed by atoms with Crippen LogP contribution in [-0.2, 0) is 19.4 Å². The lowest BCUT2D eigenvalue weighted by Gasteiger charge is -2.28. The Bertz CT molecular complexity index is 966. The van der Waals surface area contributed by atoms with E-state index in [4.69, 9.17) is 0 Å². The molecule has 24 heavy (non-hydrogen) atoms. The van der Waals surface area contributed by atoms with Gasteiger partial charge in [-0.3, -0.25) is 0 Å². The van der Waals surface area contributed by atoms with Gasteiger partial charge in [0.15, 0.2) is 4.91 Å². The Morgan fingerprint density at radius 2 is 1.88 bits per heavy atom. The predicted octanol–water partition coefficient (Wildman–Crippen LogP) is 3.07. The fraction of sp³-hybridized carbons (Fsp3) is 0.118. The summed E-state index contributed by atoms with van der Waals surface area (Å²) in [5, 5.41) is 0. The molecule has 7 heteroatoms. The number of halogens is 1. The molecule has 0 bridgehead atoms. The molecule has 1 heterocycles. The Labute approximate surface area is 138 Å². The van der Waals surface area contributed by atoms with Crippen LogP contribution in [0.4, 0.5) is 15.8 Å². The fourth-order valence-corrected chi connectivity index (χ4v) is 3.95. The van der Waals surface area contributed by atoms with Crippen LogP contribution in [0.5, 0.6) is 0 Å². The molecule has 0 aliphatic carbocycles. The van der Waals surface area contributed by atoms with Gasteiger partial charge in [0.05, 0.1) is 17.7 Å². The minimum atomic E-state index is -4.00. The van der Waals surface area contributed by atoms with Crippen molar-refractivity contribution < 1.29 is 22.3 Å². The molecule has 0 saturated heterocycles. The lowest BCUT2D eigenvalue weighted by atomic mass is 10.2. The second kappa shape index (κ2) is 5.76. The van der Waals surface area contributed by atoms with E-state index in [9.17, 15) is 17.6 Å². The van der Waals surface area contributed by atoms with E-state index in [2.05, 4.69) is 4.74 Å². The first-order chi connectivity index (χ1) is 11.4. The Morgan fingerprint density at radius 3 is 2.54 bits per heavy atom. The summed E-state index contributed by atoms with van der Waals surface area (Å²) < 4.78 is 43.8. The minimum absolute atomic E-state index is 0.0334. The zero-order valence-electron chi connectivity index (χ0n) is 13.0. The van der Waals surface area contributed by atoms with Gasteiger partial charge in [-0.05, 0) is 36.8 Å². The molecule has 1 aliphatic heterocycles. The van der Waals surface area contributed by atoms with Gasteiger partial charge in [0.25, 0.3) is 0 Å².